The third-order valence-corrected chi connectivity index (χ3v) is 5.75. The molecule has 6 nitrogen and oxygen atoms in total. The van der Waals surface area contributed by atoms with Crippen molar-refractivity contribution in [3.63, 3.8) is 0 Å². The van der Waals surface area contributed by atoms with Gasteiger partial charge in [0.2, 0.25) is 0 Å². The smallest absolute Gasteiger partial charge is 0.276 e. The number of carbonyl (C=O) groups is 1. The Labute approximate surface area is 142 Å². The Morgan fingerprint density at radius 2 is 2.42 bits per heavy atom. The van der Waals surface area contributed by atoms with Crippen LogP contribution in [0.15, 0.2) is 12.4 Å². The van der Waals surface area contributed by atoms with E-state index in [1.54, 1.807) is 6.20 Å². The number of rotatable bonds is 5. The van der Waals surface area contributed by atoms with Crippen LogP contribution in [0.3, 0.4) is 0 Å². The Morgan fingerprint density at radius 1 is 1.58 bits per heavy atom. The van der Waals surface area contributed by atoms with Crippen molar-refractivity contribution in [3.05, 3.63) is 29.3 Å². The Balaban J connectivity index is 1.48. The summed E-state index contributed by atoms with van der Waals surface area (Å²) in [6, 6.07) is 0.339. The fourth-order valence-corrected chi connectivity index (χ4v) is 4.03. The van der Waals surface area contributed by atoms with Crippen LogP contribution in [0.1, 0.15) is 67.8 Å². The maximum Gasteiger partial charge on any atom is 0.276 e. The first-order chi connectivity index (χ1) is 11.5. The van der Waals surface area contributed by atoms with Crippen LogP contribution in [0, 0.1) is 11.3 Å². The molecule has 4 rings (SSSR count). The van der Waals surface area contributed by atoms with Gasteiger partial charge in [0.25, 0.3) is 5.91 Å². The van der Waals surface area contributed by atoms with E-state index in [1.807, 2.05) is 10.9 Å². The van der Waals surface area contributed by atoms with Crippen molar-refractivity contribution in [1.29, 1.82) is 0 Å². The number of H-pyrrole nitrogens is 1. The van der Waals surface area contributed by atoms with Crippen LogP contribution in [0.25, 0.3) is 0 Å². The van der Waals surface area contributed by atoms with Gasteiger partial charge in [0, 0.05) is 23.5 Å². The van der Waals surface area contributed by atoms with Gasteiger partial charge in [0.1, 0.15) is 0 Å². The molecule has 3 unspecified atom stereocenters. The highest BCUT2D eigenvalue weighted by molar-refractivity contribution is 6.04. The molecule has 0 aliphatic heterocycles. The molecule has 2 heterocycles. The number of fused-ring (bicyclic) bond motifs is 2. The van der Waals surface area contributed by atoms with Crippen LogP contribution in [-0.2, 0) is 12.8 Å². The predicted octanol–water partition coefficient (Wildman–Crippen LogP) is 3.34. The monoisotopic (exact) mass is 327 g/mol. The molecular formula is C18H25N5O. The summed E-state index contributed by atoms with van der Waals surface area (Å²) in [6.07, 6.45) is 9.04. The van der Waals surface area contributed by atoms with E-state index in [9.17, 15) is 4.79 Å². The average Bonchev–Trinajstić information content (AvgIpc) is 2.89. The van der Waals surface area contributed by atoms with Crippen molar-refractivity contribution >= 4 is 11.6 Å². The molecule has 128 valence electrons. The highest BCUT2D eigenvalue weighted by Crippen LogP contribution is 2.59. The molecule has 2 aliphatic rings. The standard InChI is InChI=1S/C18H25N5O/c1-4-5-11(2)23-10-13(9-19-23)20-17(24)16-14-6-12-7-18(12,3)8-15(14)21-22-16/h9-12H,4-8H2,1-3H3,(H,20,24)(H,21,22). The van der Waals surface area contributed by atoms with Crippen molar-refractivity contribution in [1.82, 2.24) is 20.0 Å². The number of nitrogens with one attached hydrogen (secondary N) is 2. The van der Waals surface area contributed by atoms with Gasteiger partial charge in [-0.15, -0.1) is 0 Å². The zero-order valence-electron chi connectivity index (χ0n) is 14.6. The summed E-state index contributed by atoms with van der Waals surface area (Å²) in [4.78, 5) is 12.6. The van der Waals surface area contributed by atoms with Crippen molar-refractivity contribution in [2.24, 2.45) is 11.3 Å². The number of hydrogen-bond acceptors (Lipinski definition) is 3. The van der Waals surface area contributed by atoms with E-state index in [0.717, 1.165) is 42.6 Å². The third-order valence-electron chi connectivity index (χ3n) is 5.75. The van der Waals surface area contributed by atoms with Crippen LogP contribution in [0.2, 0.25) is 0 Å². The van der Waals surface area contributed by atoms with Gasteiger partial charge in [-0.2, -0.15) is 10.2 Å². The second-order valence-corrected chi connectivity index (χ2v) is 7.77. The van der Waals surface area contributed by atoms with Crippen molar-refractivity contribution < 1.29 is 4.79 Å². The number of aromatic amines is 1. The molecule has 0 aromatic carbocycles. The molecule has 6 heteroatoms. The van der Waals surface area contributed by atoms with E-state index >= 15 is 0 Å². The highest BCUT2D eigenvalue weighted by atomic mass is 16.2. The molecule has 0 bridgehead atoms. The normalized spacial score (nSPS) is 25.7. The molecule has 0 spiro atoms. The summed E-state index contributed by atoms with van der Waals surface area (Å²) >= 11 is 0. The molecule has 2 aromatic rings. The number of aromatic nitrogens is 4. The molecule has 1 fully saturated rings. The van der Waals surface area contributed by atoms with Gasteiger partial charge in [0.15, 0.2) is 5.69 Å². The molecule has 0 saturated heterocycles. The van der Waals surface area contributed by atoms with E-state index in [1.165, 1.54) is 6.42 Å². The maximum atomic E-state index is 12.6. The lowest BCUT2D eigenvalue weighted by molar-refractivity contribution is 0.102. The molecule has 24 heavy (non-hydrogen) atoms. The van der Waals surface area contributed by atoms with Gasteiger partial charge in [-0.05, 0) is 43.9 Å². The molecule has 2 aliphatic carbocycles. The Hall–Kier alpha value is -2.11. The fraction of sp³-hybridized carbons (Fsp3) is 0.611. The minimum Gasteiger partial charge on any atom is -0.318 e. The van der Waals surface area contributed by atoms with Crippen LogP contribution >= 0.6 is 0 Å². The van der Waals surface area contributed by atoms with E-state index in [0.29, 0.717) is 23.1 Å². The first kappa shape index (κ1) is 15.4. The van der Waals surface area contributed by atoms with Crippen LogP contribution < -0.4 is 5.32 Å². The first-order valence-corrected chi connectivity index (χ1v) is 8.92. The summed E-state index contributed by atoms with van der Waals surface area (Å²) in [5.41, 5.74) is 3.96. The van der Waals surface area contributed by atoms with Gasteiger partial charge in [-0.1, -0.05) is 20.3 Å². The SMILES string of the molecule is CCCC(C)n1cc(NC(=O)c2n[nH]c3c2CC2CC2(C)C3)cn1. The lowest BCUT2D eigenvalue weighted by atomic mass is 9.87. The van der Waals surface area contributed by atoms with Crippen LogP contribution in [0.4, 0.5) is 5.69 Å². The second-order valence-electron chi connectivity index (χ2n) is 7.77. The number of amides is 1. The minimum absolute atomic E-state index is 0.139. The maximum absolute atomic E-state index is 12.6. The van der Waals surface area contributed by atoms with E-state index in [2.05, 4.69) is 41.4 Å². The van der Waals surface area contributed by atoms with E-state index in [-0.39, 0.29) is 5.91 Å². The molecular weight excluding hydrogens is 302 g/mol. The van der Waals surface area contributed by atoms with Crippen molar-refractivity contribution in [2.45, 2.75) is 58.9 Å². The average molecular weight is 327 g/mol. The summed E-state index contributed by atoms with van der Waals surface area (Å²) in [6.45, 7) is 6.63. The van der Waals surface area contributed by atoms with Gasteiger partial charge < -0.3 is 5.32 Å². The summed E-state index contributed by atoms with van der Waals surface area (Å²) in [7, 11) is 0. The zero-order valence-corrected chi connectivity index (χ0v) is 14.6. The Bertz CT molecular complexity index is 776. The molecule has 1 amide bonds. The number of anilines is 1. The number of carbonyl (C=O) groups excluding carboxylic acids is 1. The van der Waals surface area contributed by atoms with Gasteiger partial charge in [-0.25, -0.2) is 0 Å². The van der Waals surface area contributed by atoms with Crippen molar-refractivity contribution in [3.8, 4) is 0 Å². The molecule has 3 atom stereocenters. The lowest BCUT2D eigenvalue weighted by Crippen LogP contribution is -2.18. The first-order valence-electron chi connectivity index (χ1n) is 8.92. The third kappa shape index (κ3) is 2.54. The second kappa shape index (κ2) is 5.46. The summed E-state index contributed by atoms with van der Waals surface area (Å²) in [5, 5.41) is 14.7. The van der Waals surface area contributed by atoms with Gasteiger partial charge >= 0.3 is 0 Å². The predicted molar refractivity (Wildman–Crippen MR) is 92.0 cm³/mol. The van der Waals surface area contributed by atoms with Gasteiger partial charge in [0.05, 0.1) is 11.9 Å². The Morgan fingerprint density at radius 3 is 3.21 bits per heavy atom. The quantitative estimate of drug-likeness (QED) is 0.884. The highest BCUT2D eigenvalue weighted by Gasteiger charge is 2.53. The topological polar surface area (TPSA) is 75.6 Å². The molecule has 2 N–H and O–H groups in total. The molecule has 1 saturated carbocycles. The number of hydrogen-bond donors (Lipinski definition) is 2. The lowest BCUT2D eigenvalue weighted by Gasteiger charge is -2.17. The zero-order chi connectivity index (χ0) is 16.9. The van der Waals surface area contributed by atoms with Gasteiger partial charge in [-0.3, -0.25) is 14.6 Å². The van der Waals surface area contributed by atoms with E-state index in [4.69, 9.17) is 0 Å². The van der Waals surface area contributed by atoms with Crippen molar-refractivity contribution in [2.75, 3.05) is 5.32 Å². The fourth-order valence-electron chi connectivity index (χ4n) is 4.03. The number of nitrogens with zero attached hydrogens (tertiary/aromatic N) is 3. The van der Waals surface area contributed by atoms with Crippen LogP contribution in [0.5, 0.6) is 0 Å². The van der Waals surface area contributed by atoms with E-state index < -0.39 is 0 Å². The molecule has 2 aromatic heterocycles. The Kier molecular flexibility index (Phi) is 3.51. The minimum atomic E-state index is -0.139. The van der Waals surface area contributed by atoms with Crippen LogP contribution in [-0.4, -0.2) is 25.9 Å². The largest absolute Gasteiger partial charge is 0.318 e. The molecule has 0 radical (unpaired) electrons. The summed E-state index contributed by atoms with van der Waals surface area (Å²) in [5.74, 6) is 0.575. The summed E-state index contributed by atoms with van der Waals surface area (Å²) < 4.78 is 1.91.